The molecule has 0 spiro atoms. The second-order valence-electron chi connectivity index (χ2n) is 4.99. The van der Waals surface area contributed by atoms with Crippen molar-refractivity contribution >= 4 is 0 Å². The van der Waals surface area contributed by atoms with Crippen LogP contribution in [0.3, 0.4) is 0 Å². The fraction of sp³-hybridized carbons (Fsp3) is 0.421. The maximum Gasteiger partial charge on any atom is 0.141 e. The number of hydrogen-bond acceptors (Lipinski definition) is 3. The maximum absolute atomic E-state index is 6.21. The fourth-order valence-electron chi connectivity index (χ4n) is 2.11. The first-order valence-corrected chi connectivity index (χ1v) is 7.99. The van der Waals surface area contributed by atoms with Gasteiger partial charge in [0.15, 0.2) is 0 Å². The van der Waals surface area contributed by atoms with Gasteiger partial charge < -0.3 is 10.1 Å². The van der Waals surface area contributed by atoms with Crippen LogP contribution in [0.2, 0.25) is 0 Å². The Kier molecular flexibility index (Phi) is 8.23. The number of nitrogens with zero attached hydrogens (tertiary/aromatic N) is 1. The average molecular weight is 300 g/mol. The number of aryl methyl sites for hydroxylation is 1. The van der Waals surface area contributed by atoms with Crippen LogP contribution in [0, 0.1) is 13.8 Å². The molecule has 0 aliphatic heterocycles. The summed E-state index contributed by atoms with van der Waals surface area (Å²) in [6, 6.07) is 10.3. The molecule has 3 nitrogen and oxygen atoms in total. The van der Waals surface area contributed by atoms with Crippen molar-refractivity contribution in [3.05, 3.63) is 59.4 Å². The molecule has 0 aliphatic carbocycles. The number of rotatable bonds is 6. The predicted octanol–water partition coefficient (Wildman–Crippen LogP) is 4.45. The molecule has 0 saturated carbocycles. The van der Waals surface area contributed by atoms with Gasteiger partial charge in [0.2, 0.25) is 0 Å². The third-order valence-corrected chi connectivity index (χ3v) is 3.52. The lowest BCUT2D eigenvalue weighted by Crippen LogP contribution is -2.16. The SMILES string of the molecule is CC.CNCCC(Oc1cncc(C)c1C)c1ccccc1. The van der Waals surface area contributed by atoms with E-state index in [0.717, 1.165) is 29.8 Å². The third kappa shape index (κ3) is 5.15. The van der Waals surface area contributed by atoms with E-state index in [1.807, 2.05) is 45.3 Å². The first kappa shape index (κ1) is 18.2. The van der Waals surface area contributed by atoms with Crippen LogP contribution < -0.4 is 10.1 Å². The van der Waals surface area contributed by atoms with Gasteiger partial charge in [-0.3, -0.25) is 4.98 Å². The average Bonchev–Trinajstić information content (AvgIpc) is 2.58. The molecular formula is C19H28N2O. The Morgan fingerprint density at radius 2 is 1.77 bits per heavy atom. The normalized spacial score (nSPS) is 11.3. The van der Waals surface area contributed by atoms with Gasteiger partial charge in [0, 0.05) is 12.6 Å². The summed E-state index contributed by atoms with van der Waals surface area (Å²) in [6.45, 7) is 9.05. The fourth-order valence-corrected chi connectivity index (χ4v) is 2.11. The van der Waals surface area contributed by atoms with Crippen LogP contribution in [0.15, 0.2) is 42.7 Å². The molecule has 1 N–H and O–H groups in total. The van der Waals surface area contributed by atoms with Gasteiger partial charge in [-0.05, 0) is 44.1 Å². The first-order chi connectivity index (χ1) is 10.7. The summed E-state index contributed by atoms with van der Waals surface area (Å²) in [7, 11) is 1.96. The highest BCUT2D eigenvalue weighted by molar-refractivity contribution is 5.35. The minimum Gasteiger partial charge on any atom is -0.484 e. The molecule has 0 saturated heterocycles. The van der Waals surface area contributed by atoms with E-state index >= 15 is 0 Å². The van der Waals surface area contributed by atoms with Crippen LogP contribution in [0.4, 0.5) is 0 Å². The second kappa shape index (κ2) is 9.96. The van der Waals surface area contributed by atoms with Crippen molar-refractivity contribution in [2.45, 2.75) is 40.2 Å². The van der Waals surface area contributed by atoms with E-state index in [1.165, 1.54) is 5.56 Å². The molecule has 1 aromatic carbocycles. The summed E-state index contributed by atoms with van der Waals surface area (Å²) < 4.78 is 6.21. The van der Waals surface area contributed by atoms with E-state index in [4.69, 9.17) is 4.74 Å². The number of hydrogen-bond donors (Lipinski definition) is 1. The Morgan fingerprint density at radius 3 is 2.41 bits per heavy atom. The smallest absolute Gasteiger partial charge is 0.141 e. The lowest BCUT2D eigenvalue weighted by Gasteiger charge is -2.21. The Balaban J connectivity index is 0.00000116. The number of benzene rings is 1. The molecule has 0 bridgehead atoms. The van der Waals surface area contributed by atoms with Crippen LogP contribution in [-0.2, 0) is 0 Å². The second-order valence-corrected chi connectivity index (χ2v) is 4.99. The lowest BCUT2D eigenvalue weighted by molar-refractivity contribution is 0.193. The molecule has 2 rings (SSSR count). The van der Waals surface area contributed by atoms with Gasteiger partial charge in [-0.1, -0.05) is 44.2 Å². The molecule has 1 aromatic heterocycles. The van der Waals surface area contributed by atoms with E-state index in [1.54, 1.807) is 6.20 Å². The highest BCUT2D eigenvalue weighted by Crippen LogP contribution is 2.27. The molecule has 0 amide bonds. The van der Waals surface area contributed by atoms with Crippen molar-refractivity contribution in [3.8, 4) is 5.75 Å². The summed E-state index contributed by atoms with van der Waals surface area (Å²) in [5.74, 6) is 0.870. The van der Waals surface area contributed by atoms with E-state index in [0.29, 0.717) is 0 Å². The summed E-state index contributed by atoms with van der Waals surface area (Å²) in [6.07, 6.45) is 4.64. The molecule has 120 valence electrons. The van der Waals surface area contributed by atoms with Crippen molar-refractivity contribution in [3.63, 3.8) is 0 Å². The van der Waals surface area contributed by atoms with Crippen LogP contribution in [0.1, 0.15) is 43.1 Å². The molecule has 22 heavy (non-hydrogen) atoms. The van der Waals surface area contributed by atoms with Gasteiger partial charge in [0.1, 0.15) is 11.9 Å². The topological polar surface area (TPSA) is 34.1 Å². The van der Waals surface area contributed by atoms with Crippen molar-refractivity contribution in [2.75, 3.05) is 13.6 Å². The van der Waals surface area contributed by atoms with Crippen molar-refractivity contribution in [1.82, 2.24) is 10.3 Å². The van der Waals surface area contributed by atoms with Crippen LogP contribution in [0.5, 0.6) is 5.75 Å². The quantitative estimate of drug-likeness (QED) is 0.855. The molecule has 0 fully saturated rings. The molecule has 0 radical (unpaired) electrons. The van der Waals surface area contributed by atoms with Crippen molar-refractivity contribution in [2.24, 2.45) is 0 Å². The van der Waals surface area contributed by atoms with E-state index in [2.05, 4.69) is 36.3 Å². The monoisotopic (exact) mass is 300 g/mol. The van der Waals surface area contributed by atoms with E-state index in [-0.39, 0.29) is 6.10 Å². The molecular weight excluding hydrogens is 272 g/mol. The van der Waals surface area contributed by atoms with E-state index in [9.17, 15) is 0 Å². The zero-order chi connectivity index (χ0) is 16.4. The van der Waals surface area contributed by atoms with Gasteiger partial charge in [-0.25, -0.2) is 0 Å². The number of ether oxygens (including phenoxy) is 1. The predicted molar refractivity (Wildman–Crippen MR) is 93.4 cm³/mol. The highest BCUT2D eigenvalue weighted by Gasteiger charge is 2.14. The molecule has 3 heteroatoms. The molecule has 0 aliphatic rings. The Labute approximate surface area is 134 Å². The van der Waals surface area contributed by atoms with Crippen LogP contribution in [0.25, 0.3) is 0 Å². The van der Waals surface area contributed by atoms with Crippen molar-refractivity contribution < 1.29 is 4.74 Å². The molecule has 1 unspecified atom stereocenters. The summed E-state index contributed by atoms with van der Waals surface area (Å²) in [4.78, 5) is 4.23. The largest absolute Gasteiger partial charge is 0.484 e. The summed E-state index contributed by atoms with van der Waals surface area (Å²) >= 11 is 0. The first-order valence-electron chi connectivity index (χ1n) is 7.99. The highest BCUT2D eigenvalue weighted by atomic mass is 16.5. The Morgan fingerprint density at radius 1 is 1.09 bits per heavy atom. The number of pyridine rings is 1. The molecule has 2 aromatic rings. The van der Waals surface area contributed by atoms with Crippen LogP contribution >= 0.6 is 0 Å². The van der Waals surface area contributed by atoms with Crippen molar-refractivity contribution in [1.29, 1.82) is 0 Å². The minimum absolute atomic E-state index is 0.0472. The molecule has 1 atom stereocenters. The standard InChI is InChI=1S/C17H22N2O.C2H6/c1-13-11-19-12-17(14(13)2)20-16(9-10-18-3)15-7-5-4-6-8-15;1-2/h4-8,11-12,16,18H,9-10H2,1-3H3;1-2H3. The maximum atomic E-state index is 6.21. The minimum atomic E-state index is 0.0472. The lowest BCUT2D eigenvalue weighted by atomic mass is 10.1. The Bertz CT molecular complexity index is 540. The third-order valence-electron chi connectivity index (χ3n) is 3.52. The van der Waals surface area contributed by atoms with Crippen LogP contribution in [-0.4, -0.2) is 18.6 Å². The summed E-state index contributed by atoms with van der Waals surface area (Å²) in [5.41, 5.74) is 3.51. The van der Waals surface area contributed by atoms with Gasteiger partial charge >= 0.3 is 0 Å². The zero-order valence-electron chi connectivity index (χ0n) is 14.4. The Hall–Kier alpha value is -1.87. The summed E-state index contributed by atoms with van der Waals surface area (Å²) in [5, 5.41) is 3.18. The number of nitrogens with one attached hydrogen (secondary N) is 1. The van der Waals surface area contributed by atoms with Gasteiger partial charge in [0.05, 0.1) is 6.20 Å². The van der Waals surface area contributed by atoms with Gasteiger partial charge in [0.25, 0.3) is 0 Å². The van der Waals surface area contributed by atoms with Gasteiger partial charge in [-0.2, -0.15) is 0 Å². The number of aromatic nitrogens is 1. The van der Waals surface area contributed by atoms with E-state index < -0.39 is 0 Å². The van der Waals surface area contributed by atoms with Gasteiger partial charge in [-0.15, -0.1) is 0 Å². The molecule has 1 heterocycles. The zero-order valence-corrected chi connectivity index (χ0v) is 14.4.